The minimum absolute atomic E-state index is 0.00289. The van der Waals surface area contributed by atoms with Gasteiger partial charge in [-0.3, -0.25) is 13.9 Å². The minimum Gasteiger partial charge on any atom is -0.495 e. The lowest BCUT2D eigenvalue weighted by Crippen LogP contribution is -2.53. The molecule has 0 aliphatic heterocycles. The van der Waals surface area contributed by atoms with Crippen molar-refractivity contribution in [3.05, 3.63) is 113 Å². The molecule has 4 rings (SSSR count). The van der Waals surface area contributed by atoms with Crippen LogP contribution < -0.4 is 23.8 Å². The van der Waals surface area contributed by atoms with E-state index in [2.05, 4.69) is 5.32 Å². The molecule has 13 heteroatoms. The lowest BCUT2D eigenvalue weighted by molar-refractivity contribution is -0.140. The molecule has 0 heterocycles. The Morgan fingerprint density at radius 3 is 2.14 bits per heavy atom. The fourth-order valence-corrected chi connectivity index (χ4v) is 6.92. The number of nitrogens with one attached hydrogen (secondary N) is 1. The standard InChI is InChI=1S/C37H41ClFN3O7S/c1-5-6-20-40-37(44)32(21-26-10-8-7-9-11-26)41(24-27-12-15-29(39)16-13-27)36(43)25-42(31-22-28(38)14-18-33(31)47-2)50(45,46)30-17-19-34(48-3)35(23-30)49-4/h7-19,22-23,32H,5-6,20-21,24-25H2,1-4H3,(H,40,44)/t32-/m1/s1. The highest BCUT2D eigenvalue weighted by Crippen LogP contribution is 2.37. The van der Waals surface area contributed by atoms with Crippen molar-refractivity contribution in [1.29, 1.82) is 0 Å². The first-order valence-electron chi connectivity index (χ1n) is 16.0. The Kier molecular flexibility index (Phi) is 13.5. The largest absolute Gasteiger partial charge is 0.495 e. The summed E-state index contributed by atoms with van der Waals surface area (Å²) in [7, 11) is -0.360. The summed E-state index contributed by atoms with van der Waals surface area (Å²) in [5.41, 5.74) is 1.32. The fraction of sp³-hybridized carbons (Fsp3) is 0.297. The van der Waals surface area contributed by atoms with Crippen molar-refractivity contribution < 1.29 is 36.6 Å². The van der Waals surface area contributed by atoms with Gasteiger partial charge in [-0.25, -0.2) is 12.8 Å². The molecule has 50 heavy (non-hydrogen) atoms. The molecule has 4 aromatic carbocycles. The van der Waals surface area contributed by atoms with E-state index in [0.717, 1.165) is 22.7 Å². The first-order chi connectivity index (χ1) is 24.0. The van der Waals surface area contributed by atoms with Crippen molar-refractivity contribution in [3.63, 3.8) is 0 Å². The third-order valence-electron chi connectivity index (χ3n) is 8.00. The summed E-state index contributed by atoms with van der Waals surface area (Å²) < 4.78 is 60.1. The zero-order valence-corrected chi connectivity index (χ0v) is 30.0. The highest BCUT2D eigenvalue weighted by molar-refractivity contribution is 7.92. The van der Waals surface area contributed by atoms with Crippen molar-refractivity contribution in [3.8, 4) is 17.2 Å². The Labute approximate surface area is 297 Å². The van der Waals surface area contributed by atoms with Gasteiger partial charge in [-0.05, 0) is 60.0 Å². The maximum Gasteiger partial charge on any atom is 0.265 e. The number of methoxy groups -OCH3 is 3. The highest BCUT2D eigenvalue weighted by Gasteiger charge is 2.36. The maximum absolute atomic E-state index is 14.7. The number of hydrogen-bond acceptors (Lipinski definition) is 7. The van der Waals surface area contributed by atoms with Gasteiger partial charge in [0.05, 0.1) is 31.9 Å². The number of unbranched alkanes of at least 4 members (excludes halogenated alkanes) is 1. The first kappa shape index (κ1) is 38.0. The van der Waals surface area contributed by atoms with Crippen LogP contribution >= 0.6 is 11.6 Å². The molecule has 0 aromatic heterocycles. The van der Waals surface area contributed by atoms with E-state index >= 15 is 0 Å². The number of rotatable bonds is 17. The second-order valence-corrected chi connectivity index (χ2v) is 13.6. The number of halogens is 2. The molecule has 0 fully saturated rings. The zero-order valence-electron chi connectivity index (χ0n) is 28.4. The SMILES string of the molecule is CCCCNC(=O)[C@@H](Cc1ccccc1)N(Cc1ccc(F)cc1)C(=O)CN(c1cc(Cl)ccc1OC)S(=O)(=O)c1ccc(OC)c(OC)c1. The molecule has 1 N–H and O–H groups in total. The third-order valence-corrected chi connectivity index (χ3v) is 9.99. The molecule has 2 amide bonds. The topological polar surface area (TPSA) is 114 Å². The second kappa shape index (κ2) is 17.7. The van der Waals surface area contributed by atoms with Crippen molar-refractivity contribution >= 4 is 39.1 Å². The van der Waals surface area contributed by atoms with Crippen LogP contribution in [0, 0.1) is 5.82 Å². The van der Waals surface area contributed by atoms with Gasteiger partial charge >= 0.3 is 0 Å². The number of carbonyl (C=O) groups is 2. The van der Waals surface area contributed by atoms with Crippen LogP contribution in [0.15, 0.2) is 95.9 Å². The molecule has 0 unspecified atom stereocenters. The minimum atomic E-state index is -4.53. The quantitative estimate of drug-likeness (QED) is 0.128. The van der Waals surface area contributed by atoms with E-state index in [1.165, 1.54) is 86.9 Å². The van der Waals surface area contributed by atoms with Crippen LogP contribution in [0.4, 0.5) is 10.1 Å². The average Bonchev–Trinajstić information content (AvgIpc) is 3.12. The molecular formula is C37H41ClFN3O7S. The predicted octanol–water partition coefficient (Wildman–Crippen LogP) is 6.26. The molecule has 0 bridgehead atoms. The Balaban J connectivity index is 1.86. The summed E-state index contributed by atoms with van der Waals surface area (Å²) in [4.78, 5) is 29.7. The van der Waals surface area contributed by atoms with Crippen molar-refractivity contribution in [1.82, 2.24) is 10.2 Å². The Morgan fingerprint density at radius 2 is 1.50 bits per heavy atom. The van der Waals surface area contributed by atoms with Gasteiger partial charge in [0.2, 0.25) is 11.8 Å². The van der Waals surface area contributed by atoms with E-state index < -0.39 is 40.2 Å². The Morgan fingerprint density at radius 1 is 0.840 bits per heavy atom. The molecular weight excluding hydrogens is 685 g/mol. The van der Waals surface area contributed by atoms with Gasteiger partial charge in [0.25, 0.3) is 10.0 Å². The molecule has 0 saturated heterocycles. The van der Waals surface area contributed by atoms with Crippen molar-refractivity contribution in [2.24, 2.45) is 0 Å². The number of sulfonamides is 1. The van der Waals surface area contributed by atoms with Gasteiger partial charge in [0.1, 0.15) is 24.2 Å². The van der Waals surface area contributed by atoms with E-state index in [1.54, 1.807) is 0 Å². The molecule has 4 aromatic rings. The molecule has 0 aliphatic carbocycles. The van der Waals surface area contributed by atoms with E-state index in [4.69, 9.17) is 25.8 Å². The normalized spacial score (nSPS) is 11.7. The molecule has 0 saturated carbocycles. The molecule has 1 atom stereocenters. The smallest absolute Gasteiger partial charge is 0.265 e. The van der Waals surface area contributed by atoms with Crippen LogP contribution in [-0.4, -0.2) is 65.6 Å². The number of benzene rings is 4. The van der Waals surface area contributed by atoms with Crippen LogP contribution in [0.25, 0.3) is 0 Å². The zero-order chi connectivity index (χ0) is 36.3. The van der Waals surface area contributed by atoms with Crippen molar-refractivity contribution in [2.45, 2.75) is 43.7 Å². The lowest BCUT2D eigenvalue weighted by Gasteiger charge is -2.34. The van der Waals surface area contributed by atoms with Crippen molar-refractivity contribution in [2.75, 3.05) is 38.7 Å². The number of amides is 2. The number of ether oxygens (including phenoxy) is 3. The monoisotopic (exact) mass is 725 g/mol. The number of anilines is 1. The summed E-state index contributed by atoms with van der Waals surface area (Å²) in [5.74, 6) is -0.987. The maximum atomic E-state index is 14.7. The van der Waals surface area contributed by atoms with E-state index in [1.807, 2.05) is 37.3 Å². The lowest BCUT2D eigenvalue weighted by atomic mass is 10.0. The summed E-state index contributed by atoms with van der Waals surface area (Å²) in [6.07, 6.45) is 1.70. The average molecular weight is 726 g/mol. The van der Waals surface area contributed by atoms with Crippen LogP contribution in [0.5, 0.6) is 17.2 Å². The molecule has 0 aliphatic rings. The Hall–Kier alpha value is -4.81. The molecule has 0 spiro atoms. The van der Waals surface area contributed by atoms with Crippen LogP contribution in [0.2, 0.25) is 5.02 Å². The van der Waals surface area contributed by atoms with Gasteiger partial charge in [-0.2, -0.15) is 0 Å². The van der Waals surface area contributed by atoms with Gasteiger partial charge < -0.3 is 24.4 Å². The number of hydrogen-bond donors (Lipinski definition) is 1. The Bertz CT molecular complexity index is 1860. The first-order valence-corrected chi connectivity index (χ1v) is 17.8. The number of carbonyl (C=O) groups excluding carboxylic acids is 2. The van der Waals surface area contributed by atoms with Gasteiger partial charge in [-0.1, -0.05) is 67.4 Å². The molecule has 10 nitrogen and oxygen atoms in total. The van der Waals surface area contributed by atoms with E-state index in [0.29, 0.717) is 17.9 Å². The van der Waals surface area contributed by atoms with Gasteiger partial charge in [-0.15, -0.1) is 0 Å². The van der Waals surface area contributed by atoms with Gasteiger partial charge in [0.15, 0.2) is 11.5 Å². The summed E-state index contributed by atoms with van der Waals surface area (Å²) in [6.45, 7) is 1.52. The summed E-state index contributed by atoms with van der Waals surface area (Å²) >= 11 is 6.37. The van der Waals surface area contributed by atoms with Gasteiger partial charge in [0, 0.05) is 30.6 Å². The predicted molar refractivity (Wildman–Crippen MR) is 191 cm³/mol. The third kappa shape index (κ3) is 9.45. The number of nitrogens with zero attached hydrogens (tertiary/aromatic N) is 2. The van der Waals surface area contributed by atoms with E-state index in [9.17, 15) is 22.4 Å². The second-order valence-electron chi connectivity index (χ2n) is 11.3. The molecule has 266 valence electrons. The fourth-order valence-electron chi connectivity index (χ4n) is 5.32. The summed E-state index contributed by atoms with van der Waals surface area (Å²) in [6, 6.07) is 22.2. The van der Waals surface area contributed by atoms with Crippen LogP contribution in [-0.2, 0) is 32.6 Å². The molecule has 0 radical (unpaired) electrons. The van der Waals surface area contributed by atoms with Crippen LogP contribution in [0.1, 0.15) is 30.9 Å². The highest BCUT2D eigenvalue weighted by atomic mass is 35.5. The van der Waals surface area contributed by atoms with Crippen LogP contribution in [0.3, 0.4) is 0 Å². The van der Waals surface area contributed by atoms with E-state index in [-0.39, 0.29) is 40.1 Å². The summed E-state index contributed by atoms with van der Waals surface area (Å²) in [5, 5.41) is 3.13.